The third-order valence-electron chi connectivity index (χ3n) is 3.87. The fraction of sp³-hybridized carbons (Fsp3) is 0.333. The van der Waals surface area contributed by atoms with Crippen LogP contribution in [-0.2, 0) is 6.54 Å². The first-order chi connectivity index (χ1) is 13.3. The number of benzene rings is 1. The first-order valence-electron chi connectivity index (χ1n) is 9.24. The molecule has 0 radical (unpaired) electrons. The van der Waals surface area contributed by atoms with Gasteiger partial charge in [0, 0.05) is 38.4 Å². The van der Waals surface area contributed by atoms with Crippen LogP contribution in [0.4, 0.5) is 5.82 Å². The van der Waals surface area contributed by atoms with E-state index < -0.39 is 0 Å². The minimum absolute atomic E-state index is 0. The molecule has 2 rings (SSSR count). The highest BCUT2D eigenvalue weighted by molar-refractivity contribution is 14.0. The Morgan fingerprint density at radius 1 is 1.11 bits per heavy atom. The van der Waals surface area contributed by atoms with Crippen molar-refractivity contribution in [2.75, 3.05) is 32.1 Å². The van der Waals surface area contributed by atoms with E-state index in [1.807, 2.05) is 42.5 Å². The van der Waals surface area contributed by atoms with Gasteiger partial charge in [-0.1, -0.05) is 36.9 Å². The van der Waals surface area contributed by atoms with E-state index in [1.165, 1.54) is 0 Å². The molecular weight excluding hydrogens is 465 g/mol. The summed E-state index contributed by atoms with van der Waals surface area (Å²) < 4.78 is 5.68. The van der Waals surface area contributed by atoms with Crippen LogP contribution >= 0.6 is 24.0 Å². The monoisotopic (exact) mass is 495 g/mol. The van der Waals surface area contributed by atoms with Gasteiger partial charge in [-0.15, -0.1) is 24.0 Å². The largest absolute Gasteiger partial charge is 0.489 e. The van der Waals surface area contributed by atoms with E-state index in [4.69, 9.17) is 4.74 Å². The van der Waals surface area contributed by atoms with Gasteiger partial charge in [-0.2, -0.15) is 0 Å². The number of unbranched alkanes of at least 4 members (excludes halogenated alkanes) is 1. The summed E-state index contributed by atoms with van der Waals surface area (Å²) in [5.41, 5.74) is 1.09. The van der Waals surface area contributed by atoms with Crippen LogP contribution in [0.3, 0.4) is 0 Å². The molecule has 0 spiro atoms. The number of hydrogen-bond donors (Lipinski definition) is 3. The summed E-state index contributed by atoms with van der Waals surface area (Å²) in [5.74, 6) is 2.56. The smallest absolute Gasteiger partial charge is 0.191 e. The van der Waals surface area contributed by atoms with Crippen molar-refractivity contribution in [3.63, 3.8) is 0 Å². The zero-order chi connectivity index (χ0) is 19.2. The molecule has 2 aromatic rings. The zero-order valence-corrected chi connectivity index (χ0v) is 18.7. The summed E-state index contributed by atoms with van der Waals surface area (Å²) in [6.45, 7) is 6.59. The van der Waals surface area contributed by atoms with Gasteiger partial charge in [-0.25, -0.2) is 4.98 Å². The molecule has 1 aromatic heterocycles. The number of nitrogens with one attached hydrogen (secondary N) is 3. The van der Waals surface area contributed by atoms with Gasteiger partial charge in [0.2, 0.25) is 0 Å². The van der Waals surface area contributed by atoms with Crippen LogP contribution in [0.25, 0.3) is 0 Å². The van der Waals surface area contributed by atoms with Gasteiger partial charge in [0.05, 0.1) is 0 Å². The molecule has 152 valence electrons. The molecule has 1 aromatic carbocycles. The summed E-state index contributed by atoms with van der Waals surface area (Å²) in [6, 6.07) is 13.8. The molecule has 0 amide bonds. The molecular formula is C21H30IN5O. The topological polar surface area (TPSA) is 70.6 Å². The van der Waals surface area contributed by atoms with Crippen molar-refractivity contribution >= 4 is 35.8 Å². The molecule has 0 aliphatic rings. The molecule has 7 heteroatoms. The maximum Gasteiger partial charge on any atom is 0.191 e. The van der Waals surface area contributed by atoms with E-state index in [2.05, 4.69) is 32.5 Å². The lowest BCUT2D eigenvalue weighted by molar-refractivity contribution is 0.358. The molecule has 0 fully saturated rings. The van der Waals surface area contributed by atoms with Crippen LogP contribution in [0.2, 0.25) is 0 Å². The van der Waals surface area contributed by atoms with Crippen LogP contribution < -0.4 is 20.7 Å². The van der Waals surface area contributed by atoms with E-state index in [0.717, 1.165) is 49.0 Å². The number of guanidine groups is 1. The van der Waals surface area contributed by atoms with Crippen molar-refractivity contribution in [2.45, 2.75) is 19.4 Å². The third-order valence-corrected chi connectivity index (χ3v) is 3.87. The molecule has 0 atom stereocenters. The Morgan fingerprint density at radius 2 is 1.89 bits per heavy atom. The molecule has 6 nitrogen and oxygen atoms in total. The zero-order valence-electron chi connectivity index (χ0n) is 16.4. The number of hydrogen-bond acceptors (Lipinski definition) is 4. The normalized spacial score (nSPS) is 10.5. The van der Waals surface area contributed by atoms with E-state index in [9.17, 15) is 0 Å². The average Bonchev–Trinajstić information content (AvgIpc) is 2.72. The second-order valence-electron chi connectivity index (χ2n) is 5.91. The third kappa shape index (κ3) is 9.07. The van der Waals surface area contributed by atoms with Crippen molar-refractivity contribution in [2.24, 2.45) is 4.99 Å². The maximum atomic E-state index is 5.68. The van der Waals surface area contributed by atoms with Gasteiger partial charge in [0.15, 0.2) is 5.96 Å². The van der Waals surface area contributed by atoms with Crippen LogP contribution in [-0.4, -0.2) is 37.7 Å². The standard InChI is InChI=1S/C21H29N5O.HI/c1-3-16-27-19-11-5-4-10-18(19)17-26-21(22-2)25-15-9-8-14-24-20-12-6-7-13-23-20;/h3-7,10-13H,1,8-9,14-17H2,2H3,(H,23,24)(H2,22,25,26);1H. The Labute approximate surface area is 184 Å². The summed E-state index contributed by atoms with van der Waals surface area (Å²) >= 11 is 0. The second-order valence-corrected chi connectivity index (χ2v) is 5.91. The number of pyridine rings is 1. The van der Waals surface area contributed by atoms with Crippen LogP contribution in [0.1, 0.15) is 18.4 Å². The SMILES string of the molecule is C=CCOc1ccccc1CNC(=NC)NCCCCNc1ccccn1.I. The molecule has 0 unspecified atom stereocenters. The predicted molar refractivity (Wildman–Crippen MR) is 128 cm³/mol. The fourth-order valence-electron chi connectivity index (χ4n) is 2.48. The van der Waals surface area contributed by atoms with Crippen LogP contribution in [0.5, 0.6) is 5.75 Å². The highest BCUT2D eigenvalue weighted by atomic mass is 127. The highest BCUT2D eigenvalue weighted by Crippen LogP contribution is 2.17. The van der Waals surface area contributed by atoms with Crippen LogP contribution in [0, 0.1) is 0 Å². The fourth-order valence-corrected chi connectivity index (χ4v) is 2.48. The maximum absolute atomic E-state index is 5.68. The molecule has 0 aliphatic carbocycles. The number of halogens is 1. The van der Waals surface area contributed by atoms with E-state index in [0.29, 0.717) is 13.2 Å². The summed E-state index contributed by atoms with van der Waals surface area (Å²) in [4.78, 5) is 8.52. The number of rotatable bonds is 11. The Hall–Kier alpha value is -2.29. The number of nitrogens with zero attached hydrogens (tertiary/aromatic N) is 2. The van der Waals surface area contributed by atoms with Crippen molar-refractivity contribution in [3.8, 4) is 5.75 Å². The molecule has 3 N–H and O–H groups in total. The highest BCUT2D eigenvalue weighted by Gasteiger charge is 2.04. The first-order valence-corrected chi connectivity index (χ1v) is 9.24. The minimum Gasteiger partial charge on any atom is -0.489 e. The lowest BCUT2D eigenvalue weighted by Gasteiger charge is -2.14. The minimum atomic E-state index is 0. The van der Waals surface area contributed by atoms with E-state index in [-0.39, 0.29) is 24.0 Å². The quantitative estimate of drug-likeness (QED) is 0.145. The van der Waals surface area contributed by atoms with Gasteiger partial charge in [0.1, 0.15) is 18.2 Å². The van der Waals surface area contributed by atoms with Gasteiger partial charge < -0.3 is 20.7 Å². The summed E-state index contributed by atoms with van der Waals surface area (Å²) in [6.07, 6.45) is 5.63. The first kappa shape index (κ1) is 23.7. The van der Waals surface area contributed by atoms with Gasteiger partial charge in [-0.05, 0) is 31.0 Å². The molecule has 28 heavy (non-hydrogen) atoms. The Bertz CT molecular complexity index is 709. The number of aromatic nitrogens is 1. The van der Waals surface area contributed by atoms with Crippen molar-refractivity contribution in [3.05, 3.63) is 66.9 Å². The van der Waals surface area contributed by atoms with Gasteiger partial charge >= 0.3 is 0 Å². The van der Waals surface area contributed by atoms with Crippen molar-refractivity contribution in [1.82, 2.24) is 15.6 Å². The number of para-hydroxylation sites is 1. The summed E-state index contributed by atoms with van der Waals surface area (Å²) in [7, 11) is 1.78. The van der Waals surface area contributed by atoms with Gasteiger partial charge in [0.25, 0.3) is 0 Å². The summed E-state index contributed by atoms with van der Waals surface area (Å²) in [5, 5.41) is 9.98. The second kappa shape index (κ2) is 14.7. The average molecular weight is 495 g/mol. The van der Waals surface area contributed by atoms with Crippen LogP contribution in [0.15, 0.2) is 66.3 Å². The Morgan fingerprint density at radius 3 is 2.64 bits per heavy atom. The lowest BCUT2D eigenvalue weighted by atomic mass is 10.2. The lowest BCUT2D eigenvalue weighted by Crippen LogP contribution is -2.37. The number of aliphatic imine (C=N–C) groups is 1. The Kier molecular flexibility index (Phi) is 12.5. The molecule has 0 bridgehead atoms. The predicted octanol–water partition coefficient (Wildman–Crippen LogP) is 3.82. The van der Waals surface area contributed by atoms with Gasteiger partial charge in [-0.3, -0.25) is 4.99 Å². The molecule has 0 aliphatic heterocycles. The van der Waals surface area contributed by atoms with E-state index >= 15 is 0 Å². The number of ether oxygens (including phenoxy) is 1. The van der Waals surface area contributed by atoms with Crippen molar-refractivity contribution in [1.29, 1.82) is 0 Å². The molecule has 0 saturated heterocycles. The molecule has 1 heterocycles. The molecule has 0 saturated carbocycles. The van der Waals surface area contributed by atoms with Crippen molar-refractivity contribution < 1.29 is 4.74 Å². The number of anilines is 1. The van der Waals surface area contributed by atoms with E-state index in [1.54, 1.807) is 19.3 Å². The Balaban J connectivity index is 0.00000392.